The molecule has 1 aliphatic rings. The Morgan fingerprint density at radius 2 is 2.28 bits per heavy atom. The van der Waals surface area contributed by atoms with E-state index in [1.165, 1.54) is 24.1 Å². The molecular weight excluding hydrogens is 290 g/mol. The molecule has 1 fully saturated rings. The van der Waals surface area contributed by atoms with Crippen molar-refractivity contribution in [2.75, 3.05) is 11.9 Å². The van der Waals surface area contributed by atoms with E-state index >= 15 is 0 Å². The fraction of sp³-hybridized carbons (Fsp3) is 0.600. The van der Waals surface area contributed by atoms with E-state index in [1.807, 2.05) is 0 Å². The molecule has 2 unspecified atom stereocenters. The maximum absolute atomic E-state index is 5.79. The average Bonchev–Trinajstić information content (AvgIpc) is 2.35. The van der Waals surface area contributed by atoms with Crippen molar-refractivity contribution in [2.24, 2.45) is 0 Å². The molecule has 0 bridgehead atoms. The molecule has 1 N–H and O–H groups in total. The summed E-state index contributed by atoms with van der Waals surface area (Å²) < 4.78 is 6.92. The molecule has 1 aromatic rings. The van der Waals surface area contributed by atoms with Gasteiger partial charge in [-0.2, -0.15) is 0 Å². The fourth-order valence-electron chi connectivity index (χ4n) is 2.50. The lowest BCUT2D eigenvalue weighted by atomic mass is 9.99. The van der Waals surface area contributed by atoms with Gasteiger partial charge >= 0.3 is 0 Å². The number of ether oxygens (including phenoxy) is 1. The molecule has 0 aliphatic carbocycles. The van der Waals surface area contributed by atoms with Crippen molar-refractivity contribution in [3.05, 3.63) is 28.2 Å². The van der Waals surface area contributed by atoms with Crippen molar-refractivity contribution in [2.45, 2.75) is 51.7 Å². The second-order valence-corrected chi connectivity index (χ2v) is 6.02. The number of nitrogens with one attached hydrogen (secondary N) is 1. The van der Waals surface area contributed by atoms with Gasteiger partial charge in [0.2, 0.25) is 0 Å². The molecule has 0 aromatic heterocycles. The monoisotopic (exact) mass is 311 g/mol. The van der Waals surface area contributed by atoms with Gasteiger partial charge in [-0.3, -0.25) is 0 Å². The van der Waals surface area contributed by atoms with Gasteiger partial charge in [0.15, 0.2) is 0 Å². The van der Waals surface area contributed by atoms with Gasteiger partial charge in [-0.15, -0.1) is 0 Å². The number of benzene rings is 1. The third-order valence-corrected chi connectivity index (χ3v) is 4.03. The van der Waals surface area contributed by atoms with E-state index in [9.17, 15) is 0 Å². The predicted molar refractivity (Wildman–Crippen MR) is 80.2 cm³/mol. The Hall–Kier alpha value is -0.540. The second kappa shape index (κ2) is 6.58. The molecule has 18 heavy (non-hydrogen) atoms. The molecule has 1 heterocycles. The van der Waals surface area contributed by atoms with Gasteiger partial charge in [0.25, 0.3) is 0 Å². The van der Waals surface area contributed by atoms with Crippen LogP contribution in [-0.4, -0.2) is 18.8 Å². The molecular formula is C15H22BrNO. The summed E-state index contributed by atoms with van der Waals surface area (Å²) >= 11 is 3.53. The fourth-order valence-corrected chi connectivity index (χ4v) is 2.87. The number of anilines is 1. The first-order valence-electron chi connectivity index (χ1n) is 6.83. The third kappa shape index (κ3) is 3.72. The summed E-state index contributed by atoms with van der Waals surface area (Å²) in [6.07, 6.45) is 5.04. The Kier molecular flexibility index (Phi) is 5.07. The van der Waals surface area contributed by atoms with Crippen molar-refractivity contribution in [1.29, 1.82) is 0 Å². The highest BCUT2D eigenvalue weighted by Crippen LogP contribution is 2.25. The first-order chi connectivity index (χ1) is 8.69. The summed E-state index contributed by atoms with van der Waals surface area (Å²) in [4.78, 5) is 0. The Labute approximate surface area is 118 Å². The van der Waals surface area contributed by atoms with Crippen LogP contribution in [0.15, 0.2) is 22.7 Å². The van der Waals surface area contributed by atoms with Gasteiger partial charge in [-0.25, -0.2) is 0 Å². The zero-order valence-electron chi connectivity index (χ0n) is 11.2. The highest BCUT2D eigenvalue weighted by molar-refractivity contribution is 9.10. The van der Waals surface area contributed by atoms with E-state index in [4.69, 9.17) is 4.74 Å². The lowest BCUT2D eigenvalue weighted by molar-refractivity contribution is 0.00597. The van der Waals surface area contributed by atoms with Crippen LogP contribution in [0.1, 0.15) is 38.2 Å². The summed E-state index contributed by atoms with van der Waals surface area (Å²) in [5, 5.41) is 3.67. The van der Waals surface area contributed by atoms with Gasteiger partial charge in [0, 0.05) is 22.8 Å². The Morgan fingerprint density at radius 3 is 3.06 bits per heavy atom. The quantitative estimate of drug-likeness (QED) is 0.883. The molecule has 2 rings (SSSR count). The molecule has 0 spiro atoms. The minimum Gasteiger partial charge on any atom is -0.382 e. The van der Waals surface area contributed by atoms with E-state index in [0.29, 0.717) is 12.1 Å². The summed E-state index contributed by atoms with van der Waals surface area (Å²) in [6, 6.07) is 6.95. The number of hydrogen-bond donors (Lipinski definition) is 1. The lowest BCUT2D eigenvalue weighted by Gasteiger charge is -2.31. The first-order valence-corrected chi connectivity index (χ1v) is 7.62. The van der Waals surface area contributed by atoms with Gasteiger partial charge in [-0.05, 0) is 43.9 Å². The minimum absolute atomic E-state index is 0.439. The van der Waals surface area contributed by atoms with Crippen LogP contribution in [0.25, 0.3) is 0 Å². The van der Waals surface area contributed by atoms with Crippen LogP contribution in [-0.2, 0) is 4.74 Å². The topological polar surface area (TPSA) is 21.3 Å². The Bertz CT molecular complexity index is 392. The van der Waals surface area contributed by atoms with Crippen LogP contribution in [0.3, 0.4) is 0 Å². The highest BCUT2D eigenvalue weighted by Gasteiger charge is 2.22. The lowest BCUT2D eigenvalue weighted by Crippen LogP contribution is -2.34. The van der Waals surface area contributed by atoms with Gasteiger partial charge in [0.05, 0.1) is 6.10 Å². The molecule has 2 nitrogen and oxygen atoms in total. The maximum atomic E-state index is 5.79. The SMILES string of the molecule is CCCC1CC(Nc2cc(Br)ccc2C)CCO1. The summed E-state index contributed by atoms with van der Waals surface area (Å²) in [5.74, 6) is 0. The van der Waals surface area contributed by atoms with Crippen molar-refractivity contribution in [3.8, 4) is 0 Å². The molecule has 1 saturated heterocycles. The van der Waals surface area contributed by atoms with Crippen molar-refractivity contribution in [1.82, 2.24) is 0 Å². The third-order valence-electron chi connectivity index (χ3n) is 3.54. The van der Waals surface area contributed by atoms with Crippen LogP contribution in [0.5, 0.6) is 0 Å². The van der Waals surface area contributed by atoms with E-state index in [0.717, 1.165) is 23.9 Å². The van der Waals surface area contributed by atoms with Crippen LogP contribution in [0, 0.1) is 6.92 Å². The van der Waals surface area contributed by atoms with Crippen LogP contribution in [0.4, 0.5) is 5.69 Å². The summed E-state index contributed by atoms with van der Waals surface area (Å²) in [7, 11) is 0. The summed E-state index contributed by atoms with van der Waals surface area (Å²) in [5.41, 5.74) is 2.54. The van der Waals surface area contributed by atoms with E-state index < -0.39 is 0 Å². The molecule has 2 atom stereocenters. The van der Waals surface area contributed by atoms with Crippen molar-refractivity contribution < 1.29 is 4.74 Å². The smallest absolute Gasteiger partial charge is 0.0594 e. The number of halogens is 1. The second-order valence-electron chi connectivity index (χ2n) is 5.11. The van der Waals surface area contributed by atoms with Gasteiger partial charge < -0.3 is 10.1 Å². The van der Waals surface area contributed by atoms with Gasteiger partial charge in [0.1, 0.15) is 0 Å². The van der Waals surface area contributed by atoms with Crippen LogP contribution >= 0.6 is 15.9 Å². The van der Waals surface area contributed by atoms with E-state index in [2.05, 4.69) is 53.3 Å². The zero-order chi connectivity index (χ0) is 13.0. The number of rotatable bonds is 4. The summed E-state index contributed by atoms with van der Waals surface area (Å²) in [6.45, 7) is 5.26. The Balaban J connectivity index is 1.98. The standard InChI is InChI=1S/C15H22BrNO/c1-3-4-14-10-13(7-8-18-14)17-15-9-12(16)6-5-11(15)2/h5-6,9,13-14,17H,3-4,7-8,10H2,1-2H3. The highest BCUT2D eigenvalue weighted by atomic mass is 79.9. The van der Waals surface area contributed by atoms with Crippen LogP contribution in [0.2, 0.25) is 0 Å². The van der Waals surface area contributed by atoms with Gasteiger partial charge in [-0.1, -0.05) is 35.3 Å². The molecule has 0 saturated carbocycles. The van der Waals surface area contributed by atoms with Crippen molar-refractivity contribution >= 4 is 21.6 Å². The van der Waals surface area contributed by atoms with Crippen LogP contribution < -0.4 is 5.32 Å². The largest absolute Gasteiger partial charge is 0.382 e. The average molecular weight is 312 g/mol. The maximum Gasteiger partial charge on any atom is 0.0594 e. The zero-order valence-corrected chi connectivity index (χ0v) is 12.8. The molecule has 3 heteroatoms. The molecule has 0 amide bonds. The van der Waals surface area contributed by atoms with Crippen molar-refractivity contribution in [3.63, 3.8) is 0 Å². The number of aryl methyl sites for hydroxylation is 1. The molecule has 100 valence electrons. The predicted octanol–water partition coefficient (Wildman–Crippen LogP) is 4.52. The normalized spacial score (nSPS) is 23.9. The molecule has 1 aliphatic heterocycles. The first kappa shape index (κ1) is 13.9. The van der Waals surface area contributed by atoms with E-state index in [-0.39, 0.29) is 0 Å². The Morgan fingerprint density at radius 1 is 1.44 bits per heavy atom. The van der Waals surface area contributed by atoms with E-state index in [1.54, 1.807) is 0 Å². The molecule has 0 radical (unpaired) electrons. The number of hydrogen-bond acceptors (Lipinski definition) is 2. The minimum atomic E-state index is 0.439. The molecule has 1 aromatic carbocycles.